The van der Waals surface area contributed by atoms with Crippen molar-refractivity contribution >= 4 is 23.8 Å². The number of allylic oxidation sites excluding steroid dienone is 2. The highest BCUT2D eigenvalue weighted by Gasteiger charge is 2.58. The molecule has 2 atom stereocenters. The summed E-state index contributed by atoms with van der Waals surface area (Å²) in [4.78, 5) is 2.56. The molecule has 6 heteroatoms. The van der Waals surface area contributed by atoms with Crippen LogP contribution in [-0.4, -0.2) is 23.2 Å². The molecule has 70 heavy (non-hydrogen) atoms. The van der Waals surface area contributed by atoms with Crippen LogP contribution in [0.5, 0.6) is 0 Å². The summed E-state index contributed by atoms with van der Waals surface area (Å²) in [5, 5.41) is 0. The second kappa shape index (κ2) is 14.6. The molecule has 5 nitrogen and oxygen atoms in total. The average Bonchev–Trinajstić information content (AvgIpc) is 3.95. The Morgan fingerprint density at radius 2 is 1.17 bits per heavy atom. The van der Waals surface area contributed by atoms with E-state index >= 15 is 0 Å². The summed E-state index contributed by atoms with van der Waals surface area (Å²) in [6, 6.07) is 59.9. The Kier molecular flexibility index (Phi) is 8.63. The number of para-hydroxylation sites is 1. The topological polar surface area (TPSA) is 20.9 Å². The van der Waals surface area contributed by atoms with Gasteiger partial charge in [-0.15, -0.1) is 9.36 Å². The third-order valence-electron chi connectivity index (χ3n) is 17.9. The second-order valence-electron chi connectivity index (χ2n) is 21.9. The summed E-state index contributed by atoms with van der Waals surface area (Å²) in [7, 11) is 2.32. The van der Waals surface area contributed by atoms with Gasteiger partial charge in [0.1, 0.15) is 17.1 Å². The second-order valence-corrected chi connectivity index (χ2v) is 21.9. The zero-order valence-electron chi connectivity index (χ0n) is 41.5. The lowest BCUT2D eigenvalue weighted by molar-refractivity contribution is -0.797. The average molecular weight is 908 g/mol. The monoisotopic (exact) mass is 907 g/mol. The molecule has 0 bridgehead atoms. The lowest BCUT2D eigenvalue weighted by atomic mass is 9.59. The quantitative estimate of drug-likeness (QED) is 0.128. The molecule has 0 radical (unpaired) electrons. The summed E-state index contributed by atoms with van der Waals surface area (Å²) in [5.74, 6) is 1.56. The summed E-state index contributed by atoms with van der Waals surface area (Å²) in [6.45, 7) is 16.7. The maximum absolute atomic E-state index is 2.77. The molecule has 0 N–H and O–H groups in total. The first-order valence-corrected chi connectivity index (χ1v) is 25.4. The Hall–Kier alpha value is -7.44. The van der Waals surface area contributed by atoms with E-state index in [1.807, 2.05) is 0 Å². The highest BCUT2D eigenvalue weighted by molar-refractivity contribution is 6.77. The number of benzene rings is 7. The van der Waals surface area contributed by atoms with Crippen molar-refractivity contribution < 1.29 is 9.25 Å². The van der Waals surface area contributed by atoms with Gasteiger partial charge in [0, 0.05) is 33.1 Å². The van der Waals surface area contributed by atoms with Crippen LogP contribution in [0.4, 0.5) is 5.69 Å². The molecule has 3 aliphatic heterocycles. The standard InChI is InChI=1S/C64H58BN5/c1-39-21-19-34-54-56(39)62-68(43-35-36-48-51-32-20-33-53-58(51)70-61(64(6,7)63(53,4)5)52(38-67(70)55(48)37-43)42-24-10-9-11-25-42)59-49-30-16-14-28-46(49)44-26-12-13-27-45(44)47-29-15-17-31-50(47)60(59)69(62)65(66(54)8)57-40(2)22-18-23-41(57)3/h9-35,38,48,55H,36-37H2,1-8H3/q+2. The molecule has 7 aromatic carbocycles. The molecule has 0 amide bonds. The maximum atomic E-state index is 2.77. The molecule has 9 aromatic rings. The first-order valence-electron chi connectivity index (χ1n) is 25.4. The summed E-state index contributed by atoms with van der Waals surface area (Å²) in [6.07, 6.45) is 6.97. The van der Waals surface area contributed by atoms with E-state index in [2.05, 4.69) is 249 Å². The highest BCUT2D eigenvalue weighted by atomic mass is 15.4. The van der Waals surface area contributed by atoms with Gasteiger partial charge in [0.25, 0.3) is 5.82 Å². The first-order chi connectivity index (χ1) is 34.0. The van der Waals surface area contributed by atoms with Crippen LogP contribution in [-0.2, 0) is 10.8 Å². The van der Waals surface area contributed by atoms with Crippen molar-refractivity contribution in [3.05, 3.63) is 204 Å². The van der Waals surface area contributed by atoms with Gasteiger partial charge in [-0.05, 0) is 114 Å². The molecular weight excluding hydrogens is 850 g/mol. The van der Waals surface area contributed by atoms with Crippen LogP contribution in [0, 0.1) is 20.8 Å². The zero-order valence-corrected chi connectivity index (χ0v) is 41.5. The Morgan fingerprint density at radius 1 is 0.586 bits per heavy atom. The lowest BCUT2D eigenvalue weighted by Gasteiger charge is -2.48. The van der Waals surface area contributed by atoms with Gasteiger partial charge in [0.05, 0.1) is 23.5 Å². The van der Waals surface area contributed by atoms with Crippen LogP contribution in [0.2, 0.25) is 0 Å². The minimum absolute atomic E-state index is 0.0962. The van der Waals surface area contributed by atoms with E-state index in [0.29, 0.717) is 5.92 Å². The number of aromatic nitrogens is 4. The van der Waals surface area contributed by atoms with Gasteiger partial charge in [0.15, 0.2) is 17.4 Å². The van der Waals surface area contributed by atoms with Gasteiger partial charge in [-0.25, -0.2) is 0 Å². The van der Waals surface area contributed by atoms with Crippen molar-refractivity contribution in [2.75, 3.05) is 11.9 Å². The fourth-order valence-corrected chi connectivity index (χ4v) is 14.0. The third-order valence-corrected chi connectivity index (χ3v) is 17.9. The molecule has 2 aliphatic carbocycles. The first kappa shape index (κ1) is 41.5. The summed E-state index contributed by atoms with van der Waals surface area (Å²) in [5.41, 5.74) is 27.3. The number of hydrogen-bond donors (Lipinski definition) is 0. The molecule has 5 heterocycles. The van der Waals surface area contributed by atoms with E-state index in [9.17, 15) is 0 Å². The van der Waals surface area contributed by atoms with E-state index in [1.165, 1.54) is 123 Å². The number of nitrogens with zero attached hydrogens (tertiary/aromatic N) is 5. The summed E-state index contributed by atoms with van der Waals surface area (Å²) >= 11 is 0. The largest absolute Gasteiger partial charge is 0.538 e. The minimum Gasteiger partial charge on any atom is -0.372 e. The van der Waals surface area contributed by atoms with E-state index < -0.39 is 0 Å². The van der Waals surface area contributed by atoms with E-state index in [4.69, 9.17) is 0 Å². The van der Waals surface area contributed by atoms with E-state index in [0.717, 1.165) is 12.8 Å². The number of hydrogen-bond acceptors (Lipinski definition) is 1. The van der Waals surface area contributed by atoms with Gasteiger partial charge in [-0.3, -0.25) is 4.48 Å². The number of fused-ring (bicyclic) bond motifs is 15. The van der Waals surface area contributed by atoms with Crippen LogP contribution >= 0.6 is 0 Å². The predicted octanol–water partition coefficient (Wildman–Crippen LogP) is 13.3. The van der Waals surface area contributed by atoms with Crippen LogP contribution in [0.3, 0.4) is 0 Å². The van der Waals surface area contributed by atoms with Gasteiger partial charge >= 0.3 is 6.98 Å². The van der Waals surface area contributed by atoms with Gasteiger partial charge in [-0.1, -0.05) is 167 Å². The van der Waals surface area contributed by atoms with Gasteiger partial charge in [-0.2, -0.15) is 4.57 Å². The number of rotatable bonds is 3. The third kappa shape index (κ3) is 5.29. The Bertz CT molecular complexity index is 3730. The fraction of sp³-hybridized carbons (Fsp3) is 0.219. The molecule has 340 valence electrons. The lowest BCUT2D eigenvalue weighted by Crippen LogP contribution is -2.59. The summed E-state index contributed by atoms with van der Waals surface area (Å²) < 4.78 is 10.9. The van der Waals surface area contributed by atoms with Crippen LogP contribution < -0.4 is 19.5 Å². The maximum Gasteiger partial charge on any atom is 0.538 e. The molecular formula is C64H58BN5+2. The van der Waals surface area contributed by atoms with Crippen molar-refractivity contribution in [3.63, 3.8) is 0 Å². The van der Waals surface area contributed by atoms with Crippen molar-refractivity contribution in [2.45, 2.75) is 84.1 Å². The predicted molar refractivity (Wildman–Crippen MR) is 288 cm³/mol. The SMILES string of the molecule is Cc1cccc(C)c1B1N(C)c2cccc(C)c2-c2n1c1c([n+]2C2=CCC3c4cccc5c4-n4c(c(-c6ccccc6)c[n+]4C3C2)C(C)(C)C5(C)C)-c2ccccc2-c2ccccc2-c2ccccc2-1. The fourth-order valence-electron chi connectivity index (χ4n) is 14.0. The molecule has 0 saturated carbocycles. The molecule has 0 spiro atoms. The molecule has 2 unspecified atom stereocenters. The molecule has 0 saturated heterocycles. The van der Waals surface area contributed by atoms with Crippen LogP contribution in [0.15, 0.2) is 170 Å². The van der Waals surface area contributed by atoms with Crippen molar-refractivity contribution in [3.8, 4) is 73.0 Å². The molecule has 2 aromatic heterocycles. The van der Waals surface area contributed by atoms with E-state index in [-0.39, 0.29) is 23.9 Å². The van der Waals surface area contributed by atoms with Crippen molar-refractivity contribution in [1.82, 2.24) is 9.16 Å². The number of aryl methyl sites for hydroxylation is 3. The molecule has 0 fully saturated rings. The highest BCUT2D eigenvalue weighted by Crippen LogP contribution is 2.58. The molecule has 5 aliphatic rings. The van der Waals surface area contributed by atoms with Crippen LogP contribution in [0.1, 0.15) is 86.0 Å². The van der Waals surface area contributed by atoms with Gasteiger partial charge < -0.3 is 4.81 Å². The Labute approximate surface area is 412 Å². The Morgan fingerprint density at radius 3 is 1.87 bits per heavy atom. The number of anilines is 1. The minimum atomic E-state index is -0.162. The van der Waals surface area contributed by atoms with Crippen molar-refractivity contribution in [2.24, 2.45) is 0 Å². The van der Waals surface area contributed by atoms with Crippen molar-refractivity contribution in [1.29, 1.82) is 0 Å². The molecule has 14 rings (SSSR count). The number of imidazole rings is 1. The van der Waals surface area contributed by atoms with Crippen LogP contribution in [0.25, 0.3) is 78.7 Å². The van der Waals surface area contributed by atoms with E-state index in [1.54, 1.807) is 0 Å². The smallest absolute Gasteiger partial charge is 0.372 e. The zero-order chi connectivity index (χ0) is 47.5. The van der Waals surface area contributed by atoms with Gasteiger partial charge in [0.2, 0.25) is 6.20 Å². The normalized spacial score (nSPS) is 18.1. The Balaban J connectivity index is 1.12.